The molecule has 1 heterocycles. The van der Waals surface area contributed by atoms with Crippen molar-refractivity contribution in [1.29, 1.82) is 0 Å². The van der Waals surface area contributed by atoms with Crippen molar-refractivity contribution in [3.05, 3.63) is 77.1 Å². The number of fused-ring (bicyclic) bond motifs is 1. The largest absolute Gasteiger partial charge is 0.494 e. The highest BCUT2D eigenvalue weighted by Crippen LogP contribution is 2.39. The summed E-state index contributed by atoms with van der Waals surface area (Å²) >= 11 is 7.72. The van der Waals surface area contributed by atoms with Gasteiger partial charge in [-0.3, -0.25) is 14.4 Å². The summed E-state index contributed by atoms with van der Waals surface area (Å²) in [6.45, 7) is 6.70. The minimum absolute atomic E-state index is 0. The zero-order chi connectivity index (χ0) is 28.2. The van der Waals surface area contributed by atoms with Gasteiger partial charge in [0.1, 0.15) is 17.1 Å². The van der Waals surface area contributed by atoms with Crippen molar-refractivity contribution >= 4 is 72.3 Å². The fourth-order valence-electron chi connectivity index (χ4n) is 3.99. The molecule has 214 valence electrons. The molecule has 1 N–H and O–H groups in total. The number of likely N-dealkylation sites (N-methyl/N-ethyl adjacent to an activating group) is 1. The highest BCUT2D eigenvalue weighted by Gasteiger charge is 2.24. The number of hydrogen-bond donors (Lipinski definition) is 1. The maximum Gasteiger partial charge on any atom is 0.261 e. The molecular formula is C27H29Cl2FN4O4S2. The molecule has 0 atom stereocenters. The van der Waals surface area contributed by atoms with E-state index in [0.717, 1.165) is 25.2 Å². The van der Waals surface area contributed by atoms with Gasteiger partial charge in [-0.25, -0.2) is 17.8 Å². The molecule has 0 radical (unpaired) electrons. The molecule has 4 aromatic rings. The predicted molar refractivity (Wildman–Crippen MR) is 162 cm³/mol. The summed E-state index contributed by atoms with van der Waals surface area (Å²) < 4.78 is 47.5. The molecular weight excluding hydrogens is 598 g/mol. The predicted octanol–water partition coefficient (Wildman–Crippen LogP) is 6.31. The molecule has 0 saturated heterocycles. The van der Waals surface area contributed by atoms with E-state index in [0.29, 0.717) is 39.2 Å². The van der Waals surface area contributed by atoms with Crippen LogP contribution in [0.1, 0.15) is 24.2 Å². The Bertz CT molecular complexity index is 1580. The van der Waals surface area contributed by atoms with Gasteiger partial charge in [0.15, 0.2) is 5.13 Å². The Balaban J connectivity index is 0.00000441. The lowest BCUT2D eigenvalue weighted by Crippen LogP contribution is -2.38. The molecule has 3 aromatic carbocycles. The summed E-state index contributed by atoms with van der Waals surface area (Å²) in [5.41, 5.74) is 1.03. The average molecular weight is 628 g/mol. The SMILES string of the molecule is CCN(CC)CCN(C(=O)c1cccc(NS(=O)(=O)c2ccc(F)cc2)c1)c1nc2c(OC)ccc(Cl)c2s1.Cl. The molecule has 0 fully saturated rings. The Morgan fingerprint density at radius 2 is 1.77 bits per heavy atom. The Morgan fingerprint density at radius 3 is 2.42 bits per heavy atom. The number of benzene rings is 3. The van der Waals surface area contributed by atoms with Crippen molar-refractivity contribution in [3.63, 3.8) is 0 Å². The summed E-state index contributed by atoms with van der Waals surface area (Å²) in [4.78, 5) is 22.2. The molecule has 13 heteroatoms. The minimum atomic E-state index is -3.99. The van der Waals surface area contributed by atoms with E-state index in [1.807, 2.05) is 0 Å². The number of thiazole rings is 1. The molecule has 0 aliphatic heterocycles. The van der Waals surface area contributed by atoms with Gasteiger partial charge in [0.05, 0.1) is 21.7 Å². The number of carbonyl (C=O) groups is 1. The molecule has 0 unspecified atom stereocenters. The van der Waals surface area contributed by atoms with E-state index in [-0.39, 0.29) is 34.5 Å². The number of halogens is 3. The fourth-order valence-corrected chi connectivity index (χ4v) is 6.32. The molecule has 0 bridgehead atoms. The Labute approximate surface area is 248 Å². The Kier molecular flexibility index (Phi) is 10.7. The number of amides is 1. The van der Waals surface area contributed by atoms with Gasteiger partial charge in [-0.2, -0.15) is 0 Å². The van der Waals surface area contributed by atoms with Gasteiger partial charge >= 0.3 is 0 Å². The molecule has 4 rings (SSSR count). The van der Waals surface area contributed by atoms with E-state index in [4.69, 9.17) is 21.3 Å². The number of nitrogens with zero attached hydrogens (tertiary/aromatic N) is 3. The average Bonchev–Trinajstić information content (AvgIpc) is 3.37. The number of methoxy groups -OCH3 is 1. The number of hydrogen-bond acceptors (Lipinski definition) is 7. The lowest BCUT2D eigenvalue weighted by molar-refractivity contribution is 0.0983. The smallest absolute Gasteiger partial charge is 0.261 e. The zero-order valence-electron chi connectivity index (χ0n) is 22.1. The van der Waals surface area contributed by atoms with E-state index in [1.165, 1.54) is 29.5 Å². The summed E-state index contributed by atoms with van der Waals surface area (Å²) in [6.07, 6.45) is 0. The number of carbonyl (C=O) groups excluding carboxylic acids is 1. The van der Waals surface area contributed by atoms with Crippen molar-refractivity contribution in [1.82, 2.24) is 9.88 Å². The summed E-state index contributed by atoms with van der Waals surface area (Å²) in [6, 6.07) is 14.2. The van der Waals surface area contributed by atoms with Gasteiger partial charge in [-0.15, -0.1) is 12.4 Å². The van der Waals surface area contributed by atoms with Gasteiger partial charge in [0.2, 0.25) is 0 Å². The first-order valence-electron chi connectivity index (χ1n) is 12.2. The first kappa shape index (κ1) is 31.6. The van der Waals surface area contributed by atoms with Crippen molar-refractivity contribution in [3.8, 4) is 5.75 Å². The zero-order valence-corrected chi connectivity index (χ0v) is 25.3. The van der Waals surface area contributed by atoms with Crippen LogP contribution in [0.3, 0.4) is 0 Å². The maximum absolute atomic E-state index is 13.9. The second-order valence-corrected chi connectivity index (χ2v) is 11.6. The normalized spacial score (nSPS) is 11.3. The monoisotopic (exact) mass is 626 g/mol. The molecule has 1 aromatic heterocycles. The molecule has 0 saturated carbocycles. The van der Waals surface area contributed by atoms with Crippen molar-refractivity contribution in [2.75, 3.05) is 42.9 Å². The number of rotatable bonds is 11. The maximum atomic E-state index is 13.9. The lowest BCUT2D eigenvalue weighted by atomic mass is 10.2. The van der Waals surface area contributed by atoms with Gasteiger partial charge in [0.25, 0.3) is 15.9 Å². The van der Waals surface area contributed by atoms with E-state index in [9.17, 15) is 17.6 Å². The molecule has 0 spiro atoms. The van der Waals surface area contributed by atoms with Crippen LogP contribution >= 0.6 is 35.3 Å². The standard InChI is InChI=1S/C27H28ClFN4O4S2.ClH/c1-4-32(5-2)15-16-33(27-30-24-23(37-3)14-13-22(28)25(24)38-27)26(34)18-7-6-8-20(17-18)31-39(35,36)21-11-9-19(29)10-12-21;/h6-14,17,31H,4-5,15-16H2,1-3H3;1H. The van der Waals surface area contributed by atoms with Crippen LogP contribution in [0.15, 0.2) is 65.6 Å². The van der Waals surface area contributed by atoms with Crippen LogP contribution in [-0.2, 0) is 10.0 Å². The second-order valence-electron chi connectivity index (χ2n) is 8.55. The third-order valence-corrected chi connectivity index (χ3v) is 9.10. The van der Waals surface area contributed by atoms with Crippen LogP contribution in [-0.4, -0.2) is 57.5 Å². The van der Waals surface area contributed by atoms with Crippen LogP contribution in [0.5, 0.6) is 5.75 Å². The summed E-state index contributed by atoms with van der Waals surface area (Å²) in [5, 5.41) is 0.953. The highest BCUT2D eigenvalue weighted by molar-refractivity contribution is 7.92. The topological polar surface area (TPSA) is 91.8 Å². The van der Waals surface area contributed by atoms with E-state index < -0.39 is 15.8 Å². The van der Waals surface area contributed by atoms with Gasteiger partial charge in [0, 0.05) is 24.3 Å². The number of aromatic nitrogens is 1. The van der Waals surface area contributed by atoms with Crippen LogP contribution in [0.25, 0.3) is 10.2 Å². The van der Waals surface area contributed by atoms with Crippen LogP contribution < -0.4 is 14.4 Å². The fraction of sp³-hybridized carbons (Fsp3) is 0.259. The number of nitrogens with one attached hydrogen (secondary N) is 1. The van der Waals surface area contributed by atoms with Gasteiger partial charge in [-0.05, 0) is 67.7 Å². The van der Waals surface area contributed by atoms with E-state index in [2.05, 4.69) is 23.5 Å². The molecule has 1 amide bonds. The number of anilines is 2. The minimum Gasteiger partial charge on any atom is -0.494 e. The third-order valence-electron chi connectivity index (χ3n) is 6.16. The quantitative estimate of drug-likeness (QED) is 0.210. The van der Waals surface area contributed by atoms with E-state index >= 15 is 0 Å². The third kappa shape index (κ3) is 7.02. The first-order valence-corrected chi connectivity index (χ1v) is 14.9. The van der Waals surface area contributed by atoms with Crippen LogP contribution in [0.4, 0.5) is 15.2 Å². The van der Waals surface area contributed by atoms with Crippen molar-refractivity contribution in [2.24, 2.45) is 0 Å². The van der Waals surface area contributed by atoms with Crippen LogP contribution in [0.2, 0.25) is 5.02 Å². The second kappa shape index (κ2) is 13.6. The van der Waals surface area contributed by atoms with Crippen molar-refractivity contribution in [2.45, 2.75) is 18.7 Å². The van der Waals surface area contributed by atoms with Gasteiger partial charge in [-0.1, -0.05) is 42.9 Å². The summed E-state index contributed by atoms with van der Waals surface area (Å²) in [7, 11) is -2.44. The first-order chi connectivity index (χ1) is 18.7. The summed E-state index contributed by atoms with van der Waals surface area (Å²) in [5.74, 6) is -0.343. The highest BCUT2D eigenvalue weighted by atomic mass is 35.5. The van der Waals surface area contributed by atoms with Crippen LogP contribution in [0, 0.1) is 5.82 Å². The molecule has 0 aliphatic carbocycles. The molecule has 8 nitrogen and oxygen atoms in total. The Morgan fingerprint density at radius 1 is 1.07 bits per heavy atom. The van der Waals surface area contributed by atoms with Gasteiger partial charge < -0.3 is 9.64 Å². The number of sulfonamides is 1. The Hall–Kier alpha value is -2.96. The van der Waals surface area contributed by atoms with Crippen molar-refractivity contribution < 1.29 is 22.3 Å². The molecule has 0 aliphatic rings. The number of ether oxygens (including phenoxy) is 1. The molecule has 40 heavy (non-hydrogen) atoms. The van der Waals surface area contributed by atoms with E-state index in [1.54, 1.807) is 42.3 Å². The lowest BCUT2D eigenvalue weighted by Gasteiger charge is -2.25.